The Bertz CT molecular complexity index is 280. The van der Waals surface area contributed by atoms with Crippen LogP contribution in [0.25, 0.3) is 0 Å². The fourth-order valence-electron chi connectivity index (χ4n) is 3.49. The number of carbonyl (C=O) groups excluding carboxylic acids is 1. The maximum Gasteiger partial charge on any atom is 0.225 e. The van der Waals surface area contributed by atoms with Gasteiger partial charge in [-0.05, 0) is 44.4 Å². The lowest BCUT2D eigenvalue weighted by molar-refractivity contribution is -0.135. The van der Waals surface area contributed by atoms with E-state index in [-0.39, 0.29) is 5.92 Å². The van der Waals surface area contributed by atoms with Crippen LogP contribution in [0.15, 0.2) is 0 Å². The van der Waals surface area contributed by atoms with Crippen molar-refractivity contribution in [2.75, 3.05) is 20.2 Å². The van der Waals surface area contributed by atoms with Gasteiger partial charge in [-0.1, -0.05) is 19.8 Å². The molecule has 1 heterocycles. The summed E-state index contributed by atoms with van der Waals surface area (Å²) in [6.07, 6.45) is 10.1. The third-order valence-electron chi connectivity index (χ3n) is 4.93. The van der Waals surface area contributed by atoms with E-state index in [2.05, 4.69) is 6.92 Å². The molecule has 2 fully saturated rings. The molecule has 0 spiro atoms. The lowest BCUT2D eigenvalue weighted by Gasteiger charge is -2.28. The minimum Gasteiger partial charge on any atom is -0.378 e. The highest BCUT2D eigenvalue weighted by molar-refractivity contribution is 5.78. The van der Waals surface area contributed by atoms with Crippen LogP contribution in [0.3, 0.4) is 0 Å². The highest BCUT2D eigenvalue weighted by Crippen LogP contribution is 2.32. The largest absolute Gasteiger partial charge is 0.378 e. The van der Waals surface area contributed by atoms with Crippen molar-refractivity contribution in [3.63, 3.8) is 0 Å². The van der Waals surface area contributed by atoms with Gasteiger partial charge in [0.05, 0.1) is 6.10 Å². The van der Waals surface area contributed by atoms with Crippen molar-refractivity contribution in [2.24, 2.45) is 11.8 Å². The number of rotatable bonds is 5. The Balaban J connectivity index is 1.71. The van der Waals surface area contributed by atoms with Gasteiger partial charge < -0.3 is 9.64 Å². The van der Waals surface area contributed by atoms with Crippen molar-refractivity contribution in [3.05, 3.63) is 0 Å². The summed E-state index contributed by atoms with van der Waals surface area (Å²) in [5.41, 5.74) is 0. The molecule has 3 nitrogen and oxygen atoms in total. The summed E-state index contributed by atoms with van der Waals surface area (Å²) in [6, 6.07) is 0. The Morgan fingerprint density at radius 1 is 1.21 bits per heavy atom. The first-order valence-corrected chi connectivity index (χ1v) is 8.05. The van der Waals surface area contributed by atoms with E-state index in [1.807, 2.05) is 11.9 Å². The van der Waals surface area contributed by atoms with E-state index >= 15 is 0 Å². The normalized spacial score (nSPS) is 26.3. The first-order valence-electron chi connectivity index (χ1n) is 8.05. The number of carbonyl (C=O) groups is 1. The molecule has 1 aliphatic heterocycles. The van der Waals surface area contributed by atoms with Crippen LogP contribution in [0.2, 0.25) is 0 Å². The van der Waals surface area contributed by atoms with Gasteiger partial charge >= 0.3 is 0 Å². The maximum absolute atomic E-state index is 12.4. The fraction of sp³-hybridized carbons (Fsp3) is 0.938. The number of amides is 1. The van der Waals surface area contributed by atoms with E-state index in [9.17, 15) is 4.79 Å². The monoisotopic (exact) mass is 267 g/mol. The van der Waals surface area contributed by atoms with Gasteiger partial charge in [0.2, 0.25) is 5.91 Å². The van der Waals surface area contributed by atoms with Gasteiger partial charge in [0.25, 0.3) is 0 Å². The Labute approximate surface area is 117 Å². The van der Waals surface area contributed by atoms with Crippen LogP contribution >= 0.6 is 0 Å². The summed E-state index contributed by atoms with van der Waals surface area (Å²) in [7, 11) is 1.95. The topological polar surface area (TPSA) is 29.5 Å². The first kappa shape index (κ1) is 14.8. The summed E-state index contributed by atoms with van der Waals surface area (Å²) >= 11 is 0. The van der Waals surface area contributed by atoms with Gasteiger partial charge in [0.1, 0.15) is 0 Å². The van der Waals surface area contributed by atoms with Crippen LogP contribution in [0, 0.1) is 11.8 Å². The van der Waals surface area contributed by atoms with Gasteiger partial charge in [-0.3, -0.25) is 4.79 Å². The van der Waals surface area contributed by atoms with Crippen molar-refractivity contribution in [3.8, 4) is 0 Å². The average molecular weight is 267 g/mol. The van der Waals surface area contributed by atoms with E-state index in [4.69, 9.17) is 4.74 Å². The van der Waals surface area contributed by atoms with Crippen LogP contribution in [0.1, 0.15) is 58.3 Å². The van der Waals surface area contributed by atoms with Gasteiger partial charge in [-0.15, -0.1) is 0 Å². The highest BCUT2D eigenvalue weighted by Gasteiger charge is 2.28. The predicted molar refractivity (Wildman–Crippen MR) is 77.0 cm³/mol. The number of nitrogens with zero attached hydrogens (tertiary/aromatic N) is 1. The smallest absolute Gasteiger partial charge is 0.225 e. The van der Waals surface area contributed by atoms with Gasteiger partial charge in [-0.2, -0.15) is 0 Å². The molecule has 2 atom stereocenters. The molecule has 0 aromatic rings. The zero-order valence-corrected chi connectivity index (χ0v) is 12.6. The van der Waals surface area contributed by atoms with E-state index in [1.54, 1.807) is 0 Å². The zero-order chi connectivity index (χ0) is 13.7. The lowest BCUT2D eigenvalue weighted by Crippen LogP contribution is -2.37. The molecule has 0 aromatic carbocycles. The first-order chi connectivity index (χ1) is 9.18. The van der Waals surface area contributed by atoms with Crippen molar-refractivity contribution in [1.82, 2.24) is 4.90 Å². The second kappa shape index (κ2) is 7.28. The average Bonchev–Trinajstić information content (AvgIpc) is 2.98. The van der Waals surface area contributed by atoms with Crippen LogP contribution in [-0.2, 0) is 9.53 Å². The molecule has 0 bridgehead atoms. The molecule has 1 saturated heterocycles. The molecule has 19 heavy (non-hydrogen) atoms. The van der Waals surface area contributed by atoms with Crippen LogP contribution < -0.4 is 0 Å². The number of hydrogen-bond acceptors (Lipinski definition) is 2. The fourth-order valence-corrected chi connectivity index (χ4v) is 3.49. The molecule has 3 heteroatoms. The summed E-state index contributed by atoms with van der Waals surface area (Å²) in [6.45, 7) is 3.87. The van der Waals surface area contributed by atoms with Gasteiger partial charge in [0, 0.05) is 26.1 Å². The van der Waals surface area contributed by atoms with Crippen molar-refractivity contribution >= 4 is 5.91 Å². The van der Waals surface area contributed by atoms with E-state index in [1.165, 1.54) is 44.9 Å². The molecule has 1 amide bonds. The molecular formula is C16H29NO2. The van der Waals surface area contributed by atoms with E-state index < -0.39 is 0 Å². The van der Waals surface area contributed by atoms with Crippen molar-refractivity contribution < 1.29 is 9.53 Å². The van der Waals surface area contributed by atoms with E-state index in [0.717, 1.165) is 19.6 Å². The van der Waals surface area contributed by atoms with Gasteiger partial charge in [0.15, 0.2) is 0 Å². The van der Waals surface area contributed by atoms with E-state index in [0.29, 0.717) is 17.9 Å². The summed E-state index contributed by atoms with van der Waals surface area (Å²) in [4.78, 5) is 14.3. The maximum atomic E-state index is 12.4. The summed E-state index contributed by atoms with van der Waals surface area (Å²) < 4.78 is 5.73. The second-order valence-corrected chi connectivity index (χ2v) is 6.37. The van der Waals surface area contributed by atoms with Crippen LogP contribution in [0.4, 0.5) is 0 Å². The predicted octanol–water partition coefficient (Wildman–Crippen LogP) is 3.23. The van der Waals surface area contributed by atoms with Gasteiger partial charge in [-0.25, -0.2) is 0 Å². The SMILES string of the molecule is CC(C(=O)N(C)CCC1CCCCO1)C1CCCC1. The third kappa shape index (κ3) is 4.20. The Morgan fingerprint density at radius 3 is 2.53 bits per heavy atom. The third-order valence-corrected chi connectivity index (χ3v) is 4.93. The minimum atomic E-state index is 0.208. The molecule has 2 rings (SSSR count). The Morgan fingerprint density at radius 2 is 1.89 bits per heavy atom. The van der Waals surface area contributed by atoms with Crippen LogP contribution in [0.5, 0.6) is 0 Å². The standard InChI is InChI=1S/C16H29NO2/c1-13(14-7-3-4-8-14)16(18)17(2)11-10-15-9-5-6-12-19-15/h13-15H,3-12H2,1-2H3. The highest BCUT2D eigenvalue weighted by atomic mass is 16.5. The quantitative estimate of drug-likeness (QED) is 0.765. The molecule has 2 unspecified atom stereocenters. The minimum absolute atomic E-state index is 0.208. The summed E-state index contributed by atoms with van der Waals surface area (Å²) in [5.74, 6) is 1.17. The molecule has 0 radical (unpaired) electrons. The Kier molecular flexibility index (Phi) is 5.68. The molecule has 110 valence electrons. The Hall–Kier alpha value is -0.570. The van der Waals surface area contributed by atoms with Crippen molar-refractivity contribution in [2.45, 2.75) is 64.4 Å². The number of ether oxygens (including phenoxy) is 1. The van der Waals surface area contributed by atoms with Crippen molar-refractivity contribution in [1.29, 1.82) is 0 Å². The zero-order valence-electron chi connectivity index (χ0n) is 12.6. The van der Waals surface area contributed by atoms with Crippen LogP contribution in [-0.4, -0.2) is 37.1 Å². The molecule has 1 aliphatic carbocycles. The molecule has 0 N–H and O–H groups in total. The lowest BCUT2D eigenvalue weighted by atomic mass is 9.91. The molecule has 2 aliphatic rings. The summed E-state index contributed by atoms with van der Waals surface area (Å²) in [5, 5.41) is 0. The molecular weight excluding hydrogens is 238 g/mol. The molecule has 0 aromatic heterocycles. The second-order valence-electron chi connectivity index (χ2n) is 6.37. The number of hydrogen-bond donors (Lipinski definition) is 0. The molecule has 1 saturated carbocycles.